The lowest BCUT2D eigenvalue weighted by Crippen LogP contribution is -2.47. The van der Waals surface area contributed by atoms with Gasteiger partial charge >= 0.3 is 0 Å². The number of carbonyl (C=O) groups is 1. The fourth-order valence-electron chi connectivity index (χ4n) is 1.93. The van der Waals surface area contributed by atoms with Gasteiger partial charge in [0, 0.05) is 19.0 Å². The molecule has 2 atom stereocenters. The van der Waals surface area contributed by atoms with Gasteiger partial charge in [-0.05, 0) is 19.8 Å². The molecule has 78 valence electrons. The minimum atomic E-state index is -0.380. The van der Waals surface area contributed by atoms with Gasteiger partial charge in [0.2, 0.25) is 5.91 Å². The maximum absolute atomic E-state index is 11.8. The molecule has 0 heterocycles. The highest BCUT2D eigenvalue weighted by atomic mass is 16.2. The maximum atomic E-state index is 11.8. The van der Waals surface area contributed by atoms with Crippen LogP contribution in [0.25, 0.3) is 0 Å². The van der Waals surface area contributed by atoms with E-state index in [0.29, 0.717) is 13.0 Å². The van der Waals surface area contributed by atoms with E-state index >= 15 is 0 Å². The number of nitrogens with one attached hydrogen (secondary N) is 1. The molecule has 3 nitrogen and oxygen atoms in total. The molecule has 1 fully saturated rings. The smallest absolute Gasteiger partial charge is 0.227 e. The number of hydrogen-bond donors (Lipinski definition) is 2. The molecule has 3 heteroatoms. The van der Waals surface area contributed by atoms with Crippen molar-refractivity contribution in [2.45, 2.75) is 38.6 Å². The van der Waals surface area contributed by atoms with Crippen LogP contribution in [0, 0.1) is 17.8 Å². The van der Waals surface area contributed by atoms with E-state index in [1.807, 2.05) is 6.92 Å². The summed E-state index contributed by atoms with van der Waals surface area (Å²) in [6, 6.07) is -0.00617. The van der Waals surface area contributed by atoms with E-state index in [-0.39, 0.29) is 17.4 Å². The van der Waals surface area contributed by atoms with Gasteiger partial charge in [-0.25, -0.2) is 0 Å². The van der Waals surface area contributed by atoms with Crippen LogP contribution in [0.5, 0.6) is 0 Å². The molecule has 1 aliphatic rings. The average molecular weight is 194 g/mol. The van der Waals surface area contributed by atoms with Gasteiger partial charge in [0.25, 0.3) is 0 Å². The van der Waals surface area contributed by atoms with Gasteiger partial charge in [0.15, 0.2) is 0 Å². The molecule has 0 aromatic carbocycles. The van der Waals surface area contributed by atoms with Crippen molar-refractivity contribution in [1.29, 1.82) is 0 Å². The Hall–Kier alpha value is -1.01. The molecule has 1 rings (SSSR count). The monoisotopic (exact) mass is 194 g/mol. The third kappa shape index (κ3) is 2.08. The molecule has 0 saturated heterocycles. The summed E-state index contributed by atoms with van der Waals surface area (Å²) in [7, 11) is 0. The predicted octanol–water partition coefficient (Wildman–Crippen LogP) is 0.643. The highest BCUT2D eigenvalue weighted by molar-refractivity contribution is 5.83. The van der Waals surface area contributed by atoms with Crippen LogP contribution < -0.4 is 11.1 Å². The molecule has 14 heavy (non-hydrogen) atoms. The van der Waals surface area contributed by atoms with E-state index in [0.717, 1.165) is 19.3 Å². The Labute approximate surface area is 85.4 Å². The summed E-state index contributed by atoms with van der Waals surface area (Å²) >= 11 is 0. The van der Waals surface area contributed by atoms with Crippen LogP contribution in [0.4, 0.5) is 0 Å². The molecular weight excluding hydrogens is 176 g/mol. The predicted molar refractivity (Wildman–Crippen MR) is 56.4 cm³/mol. The molecule has 0 aromatic heterocycles. The maximum Gasteiger partial charge on any atom is 0.227 e. The zero-order valence-electron chi connectivity index (χ0n) is 8.68. The molecule has 0 radical (unpaired) electrons. The lowest BCUT2D eigenvalue weighted by molar-refractivity contribution is -0.130. The Balaban J connectivity index is 2.47. The summed E-state index contributed by atoms with van der Waals surface area (Å²) in [6.45, 7) is 2.49. The fourth-order valence-corrected chi connectivity index (χ4v) is 1.93. The zero-order valence-corrected chi connectivity index (χ0v) is 8.68. The standard InChI is InChI=1S/C11H18N2O/c1-3-4-8-13-10(14)11(2)7-5-6-9(11)12/h1,9H,4-8,12H2,2H3,(H,13,14). The number of rotatable bonds is 3. The van der Waals surface area contributed by atoms with Crippen molar-refractivity contribution in [3.8, 4) is 12.3 Å². The Morgan fingerprint density at radius 3 is 3.00 bits per heavy atom. The van der Waals surface area contributed by atoms with E-state index in [4.69, 9.17) is 12.2 Å². The van der Waals surface area contributed by atoms with Crippen molar-refractivity contribution in [3.05, 3.63) is 0 Å². The van der Waals surface area contributed by atoms with Crippen molar-refractivity contribution in [3.63, 3.8) is 0 Å². The molecule has 3 N–H and O–H groups in total. The summed E-state index contributed by atoms with van der Waals surface area (Å²) < 4.78 is 0. The van der Waals surface area contributed by atoms with Crippen LogP contribution in [-0.2, 0) is 4.79 Å². The van der Waals surface area contributed by atoms with Gasteiger partial charge in [0.1, 0.15) is 0 Å². The van der Waals surface area contributed by atoms with Crippen LogP contribution >= 0.6 is 0 Å². The molecule has 0 spiro atoms. The summed E-state index contributed by atoms with van der Waals surface area (Å²) in [6.07, 6.45) is 8.55. The second-order valence-electron chi connectivity index (χ2n) is 4.13. The lowest BCUT2D eigenvalue weighted by atomic mass is 9.84. The topological polar surface area (TPSA) is 55.1 Å². The van der Waals surface area contributed by atoms with Gasteiger partial charge < -0.3 is 11.1 Å². The van der Waals surface area contributed by atoms with Crippen molar-refractivity contribution in [2.75, 3.05) is 6.54 Å². The van der Waals surface area contributed by atoms with E-state index in [1.54, 1.807) is 0 Å². The molecule has 1 aliphatic carbocycles. The second kappa shape index (κ2) is 4.47. The van der Waals surface area contributed by atoms with E-state index in [1.165, 1.54) is 0 Å². The number of nitrogens with two attached hydrogens (primary N) is 1. The number of carbonyl (C=O) groups excluding carboxylic acids is 1. The van der Waals surface area contributed by atoms with Crippen LogP contribution in [0.2, 0.25) is 0 Å². The van der Waals surface area contributed by atoms with Crippen molar-refractivity contribution in [2.24, 2.45) is 11.1 Å². The van der Waals surface area contributed by atoms with Crippen LogP contribution in [-0.4, -0.2) is 18.5 Å². The Kier molecular flexibility index (Phi) is 3.54. The van der Waals surface area contributed by atoms with E-state index < -0.39 is 0 Å². The van der Waals surface area contributed by atoms with E-state index in [2.05, 4.69) is 11.2 Å². The highest BCUT2D eigenvalue weighted by Crippen LogP contribution is 2.36. The first-order chi connectivity index (χ1) is 6.61. The molecule has 1 amide bonds. The third-order valence-electron chi connectivity index (χ3n) is 3.10. The third-order valence-corrected chi connectivity index (χ3v) is 3.10. The fraction of sp³-hybridized carbons (Fsp3) is 0.727. The molecular formula is C11H18N2O. The summed E-state index contributed by atoms with van der Waals surface area (Å²) in [5.41, 5.74) is 5.54. The first-order valence-electron chi connectivity index (χ1n) is 5.08. The van der Waals surface area contributed by atoms with Crippen molar-refractivity contribution < 1.29 is 4.79 Å². The second-order valence-corrected chi connectivity index (χ2v) is 4.13. The minimum absolute atomic E-state index is 0.00617. The van der Waals surface area contributed by atoms with Crippen molar-refractivity contribution >= 4 is 5.91 Å². The Morgan fingerprint density at radius 1 is 1.79 bits per heavy atom. The first-order valence-corrected chi connectivity index (χ1v) is 5.08. The largest absolute Gasteiger partial charge is 0.355 e. The Morgan fingerprint density at radius 2 is 2.50 bits per heavy atom. The van der Waals surface area contributed by atoms with Gasteiger partial charge in [0.05, 0.1) is 5.41 Å². The molecule has 2 unspecified atom stereocenters. The summed E-state index contributed by atoms with van der Waals surface area (Å²) in [5, 5.41) is 2.84. The highest BCUT2D eigenvalue weighted by Gasteiger charge is 2.42. The summed E-state index contributed by atoms with van der Waals surface area (Å²) in [5.74, 6) is 2.54. The van der Waals surface area contributed by atoms with Crippen LogP contribution in [0.15, 0.2) is 0 Å². The van der Waals surface area contributed by atoms with Gasteiger partial charge in [-0.3, -0.25) is 4.79 Å². The van der Waals surface area contributed by atoms with Gasteiger partial charge in [-0.1, -0.05) is 6.42 Å². The SMILES string of the molecule is C#CCCNC(=O)C1(C)CCCC1N. The quantitative estimate of drug-likeness (QED) is 0.512. The molecule has 0 aliphatic heterocycles. The Bertz CT molecular complexity index is 257. The van der Waals surface area contributed by atoms with Crippen LogP contribution in [0.1, 0.15) is 32.6 Å². The first kappa shape index (κ1) is 11.1. The number of terminal acetylenes is 1. The number of hydrogen-bond acceptors (Lipinski definition) is 2. The molecule has 0 aromatic rings. The normalized spacial score (nSPS) is 31.1. The van der Waals surface area contributed by atoms with Gasteiger partial charge in [-0.15, -0.1) is 12.3 Å². The zero-order chi connectivity index (χ0) is 10.6. The van der Waals surface area contributed by atoms with Gasteiger partial charge in [-0.2, -0.15) is 0 Å². The van der Waals surface area contributed by atoms with Crippen LogP contribution in [0.3, 0.4) is 0 Å². The molecule has 0 bridgehead atoms. The summed E-state index contributed by atoms with van der Waals surface area (Å²) in [4.78, 5) is 11.8. The lowest BCUT2D eigenvalue weighted by Gasteiger charge is -2.27. The molecule has 1 saturated carbocycles. The minimum Gasteiger partial charge on any atom is -0.355 e. The average Bonchev–Trinajstić information content (AvgIpc) is 2.49. The number of amides is 1. The van der Waals surface area contributed by atoms with E-state index in [9.17, 15) is 4.79 Å². The van der Waals surface area contributed by atoms with Crippen molar-refractivity contribution in [1.82, 2.24) is 5.32 Å².